The monoisotopic (exact) mass is 371 g/mol. The minimum Gasteiger partial charge on any atom is -0.598 e. The fourth-order valence-electron chi connectivity index (χ4n) is 1.50. The lowest BCUT2D eigenvalue weighted by Crippen LogP contribution is -2.40. The maximum atomic E-state index is 12.8. The van der Waals surface area contributed by atoms with Crippen LogP contribution in [0, 0.1) is 0 Å². The van der Waals surface area contributed by atoms with E-state index in [1.165, 1.54) is 6.07 Å². The van der Waals surface area contributed by atoms with Gasteiger partial charge in [-0.25, -0.2) is 0 Å². The highest BCUT2D eigenvalue weighted by Gasteiger charge is 2.35. The molecule has 1 rings (SSSR count). The zero-order valence-corrected chi connectivity index (χ0v) is 14.0. The molecule has 1 unspecified atom stereocenters. The first kappa shape index (κ1) is 17.8. The van der Waals surface area contributed by atoms with E-state index in [0.29, 0.717) is 5.56 Å². The fraction of sp³-hybridized carbons (Fsp3) is 0.538. The number of rotatable bonds is 3. The van der Waals surface area contributed by atoms with E-state index in [1.54, 1.807) is 33.8 Å². The molecule has 0 fully saturated rings. The zero-order chi connectivity index (χ0) is 15.7. The number of hydrogen-bond donors (Lipinski definition) is 1. The van der Waals surface area contributed by atoms with Crippen molar-refractivity contribution >= 4 is 27.3 Å². The van der Waals surface area contributed by atoms with Gasteiger partial charge in [0.05, 0.1) is 11.6 Å². The molecule has 1 N–H and O–H groups in total. The maximum Gasteiger partial charge on any atom is 0.417 e. The van der Waals surface area contributed by atoms with Gasteiger partial charge in [-0.1, -0.05) is 12.1 Å². The van der Waals surface area contributed by atoms with Crippen LogP contribution in [0.5, 0.6) is 0 Å². The standard InChI is InChI=1S/C13H17BrF3NOS/c1-8(18-20(19)12(2,3)4)9-6-5-7-10(11(9)14)13(15,16)17/h5-8,18H,1-4H3/t8-,20?/m1/s1. The minimum atomic E-state index is -4.42. The Bertz CT molecular complexity index is 474. The molecule has 114 valence electrons. The molecular weight excluding hydrogens is 355 g/mol. The van der Waals surface area contributed by atoms with Crippen LogP contribution in [0.1, 0.15) is 44.9 Å². The van der Waals surface area contributed by atoms with E-state index in [4.69, 9.17) is 0 Å². The van der Waals surface area contributed by atoms with Crippen molar-refractivity contribution in [3.8, 4) is 0 Å². The van der Waals surface area contributed by atoms with Crippen molar-refractivity contribution in [3.05, 3.63) is 33.8 Å². The second-order valence-electron chi connectivity index (χ2n) is 5.43. The summed E-state index contributed by atoms with van der Waals surface area (Å²) in [6.45, 7) is 7.07. The molecule has 7 heteroatoms. The van der Waals surface area contributed by atoms with E-state index in [0.717, 1.165) is 6.07 Å². The van der Waals surface area contributed by atoms with Gasteiger partial charge >= 0.3 is 6.18 Å². The van der Waals surface area contributed by atoms with Crippen molar-refractivity contribution in [1.29, 1.82) is 0 Å². The minimum absolute atomic E-state index is 0.0154. The molecule has 20 heavy (non-hydrogen) atoms. The largest absolute Gasteiger partial charge is 0.598 e. The van der Waals surface area contributed by atoms with Gasteiger partial charge in [0.1, 0.15) is 4.75 Å². The van der Waals surface area contributed by atoms with E-state index in [2.05, 4.69) is 20.7 Å². The third-order valence-corrected chi connectivity index (χ3v) is 5.21. The molecule has 0 amide bonds. The van der Waals surface area contributed by atoms with E-state index in [-0.39, 0.29) is 4.47 Å². The lowest BCUT2D eigenvalue weighted by Gasteiger charge is -2.27. The van der Waals surface area contributed by atoms with Crippen LogP contribution < -0.4 is 4.72 Å². The Kier molecular flexibility index (Phi) is 5.57. The third kappa shape index (κ3) is 4.38. The van der Waals surface area contributed by atoms with Gasteiger partial charge in [-0.2, -0.15) is 13.2 Å². The van der Waals surface area contributed by atoms with E-state index in [1.807, 2.05) is 0 Å². The summed E-state index contributed by atoms with van der Waals surface area (Å²) in [4.78, 5) is 0. The second kappa shape index (κ2) is 6.25. The Morgan fingerprint density at radius 1 is 1.25 bits per heavy atom. The molecule has 0 radical (unpaired) electrons. The maximum absolute atomic E-state index is 12.8. The Morgan fingerprint density at radius 2 is 1.80 bits per heavy atom. The Balaban J connectivity index is 3.03. The quantitative estimate of drug-likeness (QED) is 0.789. The first-order valence-corrected chi connectivity index (χ1v) is 7.92. The van der Waals surface area contributed by atoms with Crippen LogP contribution in [-0.4, -0.2) is 9.30 Å². The van der Waals surface area contributed by atoms with Crippen LogP contribution in [0.4, 0.5) is 13.2 Å². The van der Waals surface area contributed by atoms with E-state index >= 15 is 0 Å². The summed E-state index contributed by atoms with van der Waals surface area (Å²) in [6, 6.07) is 3.48. The Hall–Kier alpha value is -0.240. The summed E-state index contributed by atoms with van der Waals surface area (Å²) < 4.78 is 52.8. The highest BCUT2D eigenvalue weighted by Crippen LogP contribution is 2.38. The summed E-state index contributed by atoms with van der Waals surface area (Å²) in [5, 5.41) is 0. The van der Waals surface area contributed by atoms with Gasteiger partial charge in [-0.15, -0.1) is 4.72 Å². The Morgan fingerprint density at radius 3 is 2.25 bits per heavy atom. The molecule has 0 saturated heterocycles. The summed E-state index contributed by atoms with van der Waals surface area (Å²) in [5.41, 5.74) is -0.303. The van der Waals surface area contributed by atoms with Crippen LogP contribution in [-0.2, 0) is 17.5 Å². The fourth-order valence-corrected chi connectivity index (χ4v) is 3.14. The number of benzene rings is 1. The van der Waals surface area contributed by atoms with Crippen LogP contribution in [0.25, 0.3) is 0 Å². The summed E-state index contributed by atoms with van der Waals surface area (Å²) in [5.74, 6) is 0. The molecule has 1 aromatic carbocycles. The van der Waals surface area contributed by atoms with Gasteiger partial charge in [0.25, 0.3) is 0 Å². The summed E-state index contributed by atoms with van der Waals surface area (Å²) in [7, 11) is 0. The predicted octanol–water partition coefficient (Wildman–Crippen LogP) is 4.58. The Labute approximate surface area is 128 Å². The van der Waals surface area contributed by atoms with Crippen molar-refractivity contribution in [2.24, 2.45) is 0 Å². The molecule has 0 aliphatic rings. The van der Waals surface area contributed by atoms with Crippen LogP contribution in [0.15, 0.2) is 22.7 Å². The van der Waals surface area contributed by atoms with Gasteiger partial charge in [0.2, 0.25) is 0 Å². The SMILES string of the molecule is C[C@@H](N[S+]([O-])C(C)(C)C)c1cccc(C(F)(F)F)c1Br. The van der Waals surface area contributed by atoms with Gasteiger partial charge in [-0.3, -0.25) is 0 Å². The summed E-state index contributed by atoms with van der Waals surface area (Å²) >= 11 is 1.64. The molecule has 0 saturated carbocycles. The normalized spacial score (nSPS) is 16.1. The number of alkyl halides is 3. The lowest BCUT2D eigenvalue weighted by atomic mass is 10.1. The highest BCUT2D eigenvalue weighted by atomic mass is 79.9. The number of hydrogen-bond acceptors (Lipinski definition) is 2. The average molecular weight is 372 g/mol. The molecule has 0 heterocycles. The molecule has 0 aliphatic carbocycles. The van der Waals surface area contributed by atoms with Gasteiger partial charge < -0.3 is 4.55 Å². The topological polar surface area (TPSA) is 35.1 Å². The van der Waals surface area contributed by atoms with Crippen molar-refractivity contribution in [1.82, 2.24) is 4.72 Å². The van der Waals surface area contributed by atoms with Crippen LogP contribution >= 0.6 is 15.9 Å². The second-order valence-corrected chi connectivity index (χ2v) is 8.22. The van der Waals surface area contributed by atoms with Gasteiger partial charge in [0.15, 0.2) is 0 Å². The molecule has 0 spiro atoms. The van der Waals surface area contributed by atoms with Crippen molar-refractivity contribution in [2.45, 2.75) is 44.7 Å². The van der Waals surface area contributed by atoms with Crippen LogP contribution in [0.3, 0.4) is 0 Å². The first-order chi connectivity index (χ1) is 8.94. The molecular formula is C13H17BrF3NOS. The number of halogens is 4. The van der Waals surface area contributed by atoms with Crippen molar-refractivity contribution in [3.63, 3.8) is 0 Å². The molecule has 0 aliphatic heterocycles. The van der Waals surface area contributed by atoms with Crippen molar-refractivity contribution in [2.75, 3.05) is 0 Å². The van der Waals surface area contributed by atoms with Gasteiger partial charge in [-0.05, 0) is 55.3 Å². The molecule has 2 atom stereocenters. The van der Waals surface area contributed by atoms with E-state index in [9.17, 15) is 17.7 Å². The summed E-state index contributed by atoms with van der Waals surface area (Å²) in [6.07, 6.45) is -4.42. The predicted molar refractivity (Wildman–Crippen MR) is 78.6 cm³/mol. The van der Waals surface area contributed by atoms with Gasteiger partial charge in [0, 0.05) is 15.8 Å². The average Bonchev–Trinajstić information content (AvgIpc) is 2.26. The third-order valence-electron chi connectivity index (χ3n) is 2.64. The molecule has 1 aromatic rings. The zero-order valence-electron chi connectivity index (χ0n) is 11.6. The molecule has 2 nitrogen and oxygen atoms in total. The number of nitrogens with one attached hydrogen (secondary N) is 1. The van der Waals surface area contributed by atoms with Crippen LogP contribution in [0.2, 0.25) is 0 Å². The van der Waals surface area contributed by atoms with E-state index < -0.39 is 33.9 Å². The molecule has 0 aromatic heterocycles. The molecule has 0 bridgehead atoms. The highest BCUT2D eigenvalue weighted by molar-refractivity contribution is 9.10. The smallest absolute Gasteiger partial charge is 0.417 e. The lowest BCUT2D eigenvalue weighted by molar-refractivity contribution is -0.138. The van der Waals surface area contributed by atoms with Crippen molar-refractivity contribution < 1.29 is 17.7 Å². The first-order valence-electron chi connectivity index (χ1n) is 5.98.